The number of amides is 2. The first-order valence-corrected chi connectivity index (χ1v) is 10.5. The second kappa shape index (κ2) is 12.0. The quantitative estimate of drug-likeness (QED) is 0.476. The average Bonchev–Trinajstić information content (AvgIpc) is 2.76. The van der Waals surface area contributed by atoms with Gasteiger partial charge in [0, 0.05) is 25.7 Å². The lowest BCUT2D eigenvalue weighted by Gasteiger charge is -2.19. The monoisotopic (exact) mass is 412 g/mol. The summed E-state index contributed by atoms with van der Waals surface area (Å²) in [6.45, 7) is 2.86. The van der Waals surface area contributed by atoms with Crippen LogP contribution < -0.4 is 10.2 Å². The van der Waals surface area contributed by atoms with Gasteiger partial charge in [0.05, 0.1) is 0 Å². The number of urea groups is 1. The minimum absolute atomic E-state index is 0.0665. The summed E-state index contributed by atoms with van der Waals surface area (Å²) in [5, 5.41) is 21.3. The van der Waals surface area contributed by atoms with Gasteiger partial charge in [-0.15, -0.1) is 0 Å². The number of carbonyl (C=O) groups excluding carboxylic acids is 1. The predicted octanol–water partition coefficient (Wildman–Crippen LogP) is 4.46. The molecule has 162 valence electrons. The highest BCUT2D eigenvalue weighted by Gasteiger charge is 2.14. The van der Waals surface area contributed by atoms with Crippen LogP contribution in [0.25, 0.3) is 11.1 Å². The van der Waals surface area contributed by atoms with E-state index in [1.807, 2.05) is 48.5 Å². The highest BCUT2D eigenvalue weighted by Crippen LogP contribution is 2.25. The van der Waals surface area contributed by atoms with E-state index in [1.165, 1.54) is 19.3 Å². The minimum atomic E-state index is -1.40. The van der Waals surface area contributed by atoms with E-state index in [-0.39, 0.29) is 12.5 Å². The summed E-state index contributed by atoms with van der Waals surface area (Å²) in [6, 6.07) is 15.0. The Morgan fingerprint density at radius 3 is 2.37 bits per heavy atom. The number of unbranched alkanes of at least 4 members (excludes halogenated alkanes) is 4. The van der Waals surface area contributed by atoms with Crippen molar-refractivity contribution < 1.29 is 19.8 Å². The van der Waals surface area contributed by atoms with Crippen LogP contribution in [0.3, 0.4) is 0 Å². The topological polar surface area (TPSA) is 89.9 Å². The third-order valence-electron chi connectivity index (χ3n) is 5.10. The fourth-order valence-corrected chi connectivity index (χ4v) is 3.20. The van der Waals surface area contributed by atoms with Crippen molar-refractivity contribution in [1.82, 2.24) is 5.32 Å². The zero-order valence-corrected chi connectivity index (χ0v) is 17.8. The summed E-state index contributed by atoms with van der Waals surface area (Å²) in [4.78, 5) is 24.8. The SMILES string of the molecule is CCCCCCCNC(=O)N(C)c1cccc(-c2ccc(C[C@H](O)C(=O)O)cc2)c1. The Balaban J connectivity index is 1.96. The number of nitrogens with one attached hydrogen (secondary N) is 1. The Morgan fingerprint density at radius 1 is 1.00 bits per heavy atom. The summed E-state index contributed by atoms with van der Waals surface area (Å²) in [5.74, 6) is -1.23. The molecule has 0 aromatic heterocycles. The number of carboxylic acids is 1. The van der Waals surface area contributed by atoms with Gasteiger partial charge in [0.25, 0.3) is 0 Å². The van der Waals surface area contributed by atoms with E-state index in [0.717, 1.165) is 35.2 Å². The Labute approximate surface area is 178 Å². The highest BCUT2D eigenvalue weighted by molar-refractivity contribution is 5.92. The highest BCUT2D eigenvalue weighted by atomic mass is 16.4. The van der Waals surface area contributed by atoms with Gasteiger partial charge < -0.3 is 15.5 Å². The molecule has 0 unspecified atom stereocenters. The molecule has 2 amide bonds. The molecule has 0 bridgehead atoms. The molecule has 3 N–H and O–H groups in total. The summed E-state index contributed by atoms with van der Waals surface area (Å²) >= 11 is 0. The van der Waals surface area contributed by atoms with E-state index < -0.39 is 12.1 Å². The molecule has 0 saturated heterocycles. The standard InChI is InChI=1S/C24H32N2O4/c1-3-4-5-6-7-15-25-24(30)26(2)21-10-8-9-20(17-21)19-13-11-18(12-14-19)16-22(27)23(28)29/h8-14,17,22,27H,3-7,15-16H2,1-2H3,(H,25,30)(H,28,29)/t22-/m0/s1. The Bertz CT molecular complexity index is 820. The molecule has 0 aliphatic heterocycles. The van der Waals surface area contributed by atoms with Crippen molar-refractivity contribution in [3.8, 4) is 11.1 Å². The molecule has 2 aromatic carbocycles. The number of aliphatic carboxylic acids is 1. The largest absolute Gasteiger partial charge is 0.479 e. The van der Waals surface area contributed by atoms with Gasteiger partial charge in [-0.1, -0.05) is 69.0 Å². The molecule has 6 heteroatoms. The fourth-order valence-electron chi connectivity index (χ4n) is 3.20. The summed E-state index contributed by atoms with van der Waals surface area (Å²) in [6.07, 6.45) is 4.43. The Kier molecular flexibility index (Phi) is 9.35. The van der Waals surface area contributed by atoms with Gasteiger partial charge in [-0.2, -0.15) is 0 Å². The lowest BCUT2D eigenvalue weighted by Crippen LogP contribution is -2.37. The molecular weight excluding hydrogens is 380 g/mol. The number of carboxylic acid groups (broad SMARTS) is 1. The van der Waals surface area contributed by atoms with Crippen LogP contribution in [0.2, 0.25) is 0 Å². The van der Waals surface area contributed by atoms with Crippen LogP contribution >= 0.6 is 0 Å². The maximum absolute atomic E-state index is 12.4. The minimum Gasteiger partial charge on any atom is -0.479 e. The van der Waals surface area contributed by atoms with Gasteiger partial charge in [0.1, 0.15) is 0 Å². The molecule has 1 atom stereocenters. The van der Waals surface area contributed by atoms with Crippen molar-refractivity contribution in [3.05, 3.63) is 54.1 Å². The van der Waals surface area contributed by atoms with Crippen molar-refractivity contribution in [1.29, 1.82) is 0 Å². The molecule has 0 aliphatic rings. The van der Waals surface area contributed by atoms with Crippen LogP contribution in [0.4, 0.5) is 10.5 Å². The van der Waals surface area contributed by atoms with Gasteiger partial charge in [-0.05, 0) is 35.2 Å². The van der Waals surface area contributed by atoms with Crippen LogP contribution in [0.15, 0.2) is 48.5 Å². The molecule has 2 rings (SSSR count). The smallest absolute Gasteiger partial charge is 0.332 e. The molecule has 0 fully saturated rings. The summed E-state index contributed by atoms with van der Waals surface area (Å²) < 4.78 is 0. The molecule has 6 nitrogen and oxygen atoms in total. The van der Waals surface area contributed by atoms with Crippen molar-refractivity contribution in [2.24, 2.45) is 0 Å². The lowest BCUT2D eigenvalue weighted by molar-refractivity contribution is -0.146. The number of anilines is 1. The second-order valence-corrected chi connectivity index (χ2v) is 7.51. The number of hydrogen-bond donors (Lipinski definition) is 3. The van der Waals surface area contributed by atoms with E-state index in [1.54, 1.807) is 11.9 Å². The molecule has 30 heavy (non-hydrogen) atoms. The van der Waals surface area contributed by atoms with Crippen molar-refractivity contribution in [2.45, 2.75) is 51.6 Å². The van der Waals surface area contributed by atoms with Crippen molar-refractivity contribution in [3.63, 3.8) is 0 Å². The van der Waals surface area contributed by atoms with E-state index in [4.69, 9.17) is 5.11 Å². The van der Waals surface area contributed by atoms with Crippen LogP contribution in [0.5, 0.6) is 0 Å². The number of aliphatic hydroxyl groups excluding tert-OH is 1. The van der Waals surface area contributed by atoms with Crippen molar-refractivity contribution >= 4 is 17.7 Å². The van der Waals surface area contributed by atoms with E-state index >= 15 is 0 Å². The lowest BCUT2D eigenvalue weighted by atomic mass is 10.0. The molecule has 0 radical (unpaired) electrons. The third-order valence-corrected chi connectivity index (χ3v) is 5.10. The first-order valence-electron chi connectivity index (χ1n) is 10.5. The number of hydrogen-bond acceptors (Lipinski definition) is 3. The summed E-state index contributed by atoms with van der Waals surface area (Å²) in [7, 11) is 1.75. The van der Waals surface area contributed by atoms with Gasteiger partial charge >= 0.3 is 12.0 Å². The predicted molar refractivity (Wildman–Crippen MR) is 120 cm³/mol. The Hall–Kier alpha value is -2.86. The number of nitrogens with zero attached hydrogens (tertiary/aromatic N) is 1. The maximum atomic E-state index is 12.4. The van der Waals surface area contributed by atoms with Crippen molar-refractivity contribution in [2.75, 3.05) is 18.5 Å². The third kappa shape index (κ3) is 7.19. The van der Waals surface area contributed by atoms with E-state index in [0.29, 0.717) is 6.54 Å². The first-order chi connectivity index (χ1) is 14.4. The molecule has 0 saturated carbocycles. The maximum Gasteiger partial charge on any atom is 0.332 e. The van der Waals surface area contributed by atoms with Gasteiger partial charge in [0.2, 0.25) is 0 Å². The fraction of sp³-hybridized carbons (Fsp3) is 0.417. The van der Waals surface area contributed by atoms with Crippen LogP contribution in [-0.2, 0) is 11.2 Å². The van der Waals surface area contributed by atoms with Crippen LogP contribution in [0, 0.1) is 0 Å². The van der Waals surface area contributed by atoms with Crippen LogP contribution in [-0.4, -0.2) is 41.9 Å². The van der Waals surface area contributed by atoms with Gasteiger partial charge in [-0.3, -0.25) is 4.90 Å². The van der Waals surface area contributed by atoms with Gasteiger partial charge in [-0.25, -0.2) is 9.59 Å². The average molecular weight is 413 g/mol. The number of rotatable bonds is 11. The molecule has 0 spiro atoms. The second-order valence-electron chi connectivity index (χ2n) is 7.51. The number of aliphatic hydroxyl groups is 1. The van der Waals surface area contributed by atoms with E-state index in [2.05, 4.69) is 12.2 Å². The van der Waals surface area contributed by atoms with Crippen LogP contribution in [0.1, 0.15) is 44.6 Å². The summed E-state index contributed by atoms with van der Waals surface area (Å²) in [5.41, 5.74) is 3.45. The Morgan fingerprint density at radius 2 is 1.70 bits per heavy atom. The number of benzene rings is 2. The molecule has 2 aromatic rings. The van der Waals surface area contributed by atoms with E-state index in [9.17, 15) is 14.7 Å². The molecule has 0 aliphatic carbocycles. The zero-order chi connectivity index (χ0) is 21.9. The van der Waals surface area contributed by atoms with Gasteiger partial charge in [0.15, 0.2) is 6.10 Å². The zero-order valence-electron chi connectivity index (χ0n) is 17.8. The first kappa shape index (κ1) is 23.4. The number of carbonyl (C=O) groups is 2. The normalized spacial score (nSPS) is 11.7. The molecular formula is C24H32N2O4. The molecule has 0 heterocycles.